The molecule has 0 fully saturated rings. The molecule has 9 nitrogen and oxygen atoms in total. The number of benzene rings is 1. The summed E-state index contributed by atoms with van der Waals surface area (Å²) in [5.74, 6) is 1.50. The Morgan fingerprint density at radius 2 is 1.96 bits per heavy atom. The number of ether oxygens (including phenoxy) is 2. The molecule has 0 unspecified atom stereocenters. The van der Waals surface area contributed by atoms with Crippen LogP contribution in [0.1, 0.15) is 25.5 Å². The van der Waals surface area contributed by atoms with Crippen molar-refractivity contribution in [2.45, 2.75) is 24.9 Å². The zero-order valence-corrected chi connectivity index (χ0v) is 16.8. The third-order valence-corrected chi connectivity index (χ3v) is 4.93. The third-order valence-electron chi connectivity index (χ3n) is 4.00. The zero-order chi connectivity index (χ0) is 20.3. The largest absolute Gasteiger partial charge is 0.493 e. The number of nitrogens with one attached hydrogen (secondary N) is 2. The third kappa shape index (κ3) is 4.11. The van der Waals surface area contributed by atoms with Crippen molar-refractivity contribution in [2.24, 2.45) is 0 Å². The van der Waals surface area contributed by atoms with E-state index >= 15 is 0 Å². The van der Waals surface area contributed by atoms with Crippen LogP contribution < -0.4 is 20.3 Å². The van der Waals surface area contributed by atoms with Crippen LogP contribution in [-0.4, -0.2) is 45.5 Å². The quantitative estimate of drug-likeness (QED) is 0.582. The van der Waals surface area contributed by atoms with E-state index in [-0.39, 0.29) is 23.1 Å². The predicted octanol–water partition coefficient (Wildman–Crippen LogP) is 2.29. The summed E-state index contributed by atoms with van der Waals surface area (Å²) in [5.41, 5.74) is 1.15. The number of thioether (sulfide) groups is 1. The first-order chi connectivity index (χ1) is 13.4. The van der Waals surface area contributed by atoms with Gasteiger partial charge in [0.05, 0.1) is 20.0 Å². The summed E-state index contributed by atoms with van der Waals surface area (Å²) in [7, 11) is 3.08. The van der Waals surface area contributed by atoms with Gasteiger partial charge in [-0.1, -0.05) is 25.6 Å². The Labute approximate surface area is 165 Å². The second-order valence-electron chi connectivity index (χ2n) is 6.26. The van der Waals surface area contributed by atoms with Gasteiger partial charge < -0.3 is 14.8 Å². The van der Waals surface area contributed by atoms with Crippen molar-refractivity contribution in [3.8, 4) is 11.5 Å². The van der Waals surface area contributed by atoms with E-state index in [0.717, 1.165) is 5.69 Å². The minimum Gasteiger partial charge on any atom is -0.493 e. The summed E-state index contributed by atoms with van der Waals surface area (Å²) in [6, 6.07) is 6.67. The van der Waals surface area contributed by atoms with E-state index in [0.29, 0.717) is 28.1 Å². The fourth-order valence-corrected chi connectivity index (χ4v) is 3.44. The molecule has 28 heavy (non-hydrogen) atoms. The molecule has 3 rings (SSSR count). The summed E-state index contributed by atoms with van der Waals surface area (Å²) >= 11 is 1.24. The molecule has 0 spiro atoms. The molecule has 0 saturated heterocycles. The summed E-state index contributed by atoms with van der Waals surface area (Å²) in [4.78, 5) is 26.8. The molecule has 2 N–H and O–H groups in total. The van der Waals surface area contributed by atoms with Gasteiger partial charge in [-0.2, -0.15) is 0 Å². The predicted molar refractivity (Wildman–Crippen MR) is 107 cm³/mol. The normalized spacial score (nSPS) is 11.0. The van der Waals surface area contributed by atoms with Gasteiger partial charge in [0.1, 0.15) is 0 Å². The van der Waals surface area contributed by atoms with Crippen LogP contribution in [0.5, 0.6) is 11.5 Å². The van der Waals surface area contributed by atoms with Crippen molar-refractivity contribution in [1.82, 2.24) is 19.6 Å². The first kappa shape index (κ1) is 19.7. The maximum absolute atomic E-state index is 12.4. The molecular weight excluding hydrogens is 382 g/mol. The van der Waals surface area contributed by atoms with E-state index in [1.807, 2.05) is 13.8 Å². The number of aromatic nitrogens is 4. The van der Waals surface area contributed by atoms with E-state index in [1.54, 1.807) is 29.7 Å². The maximum atomic E-state index is 12.4. The van der Waals surface area contributed by atoms with E-state index < -0.39 is 0 Å². The first-order valence-corrected chi connectivity index (χ1v) is 9.54. The number of fused-ring (bicyclic) bond motifs is 1. The smallest absolute Gasteiger partial charge is 0.252 e. The molecule has 0 radical (unpaired) electrons. The Kier molecular flexibility index (Phi) is 5.88. The highest BCUT2D eigenvalue weighted by molar-refractivity contribution is 7.99. The minimum atomic E-state index is -0.230. The van der Waals surface area contributed by atoms with Crippen LogP contribution in [0.2, 0.25) is 0 Å². The fraction of sp³-hybridized carbons (Fsp3) is 0.333. The number of hydrogen-bond donors (Lipinski definition) is 2. The van der Waals surface area contributed by atoms with Crippen molar-refractivity contribution < 1.29 is 14.3 Å². The number of nitrogens with zero attached hydrogens (tertiary/aromatic N) is 3. The molecule has 0 bridgehead atoms. The van der Waals surface area contributed by atoms with Crippen LogP contribution in [0.15, 0.2) is 34.2 Å². The molecule has 1 amide bonds. The van der Waals surface area contributed by atoms with Crippen molar-refractivity contribution in [2.75, 3.05) is 25.3 Å². The number of aromatic amines is 1. The van der Waals surface area contributed by atoms with Crippen LogP contribution >= 0.6 is 11.8 Å². The summed E-state index contributed by atoms with van der Waals surface area (Å²) in [6.07, 6.45) is 0. The maximum Gasteiger partial charge on any atom is 0.252 e. The molecule has 0 aliphatic rings. The number of amides is 1. The molecule has 0 atom stereocenters. The Morgan fingerprint density at radius 3 is 2.64 bits per heavy atom. The zero-order valence-electron chi connectivity index (χ0n) is 16.0. The van der Waals surface area contributed by atoms with Gasteiger partial charge in [0, 0.05) is 23.5 Å². The van der Waals surface area contributed by atoms with E-state index in [4.69, 9.17) is 9.47 Å². The number of carbonyl (C=O) groups excluding carboxylic acids is 1. The molecule has 0 aliphatic carbocycles. The molecule has 148 valence electrons. The van der Waals surface area contributed by atoms with Gasteiger partial charge in [0.15, 0.2) is 16.7 Å². The highest BCUT2D eigenvalue weighted by Gasteiger charge is 2.16. The van der Waals surface area contributed by atoms with E-state index in [2.05, 4.69) is 20.5 Å². The summed E-state index contributed by atoms with van der Waals surface area (Å²) in [5, 5.41) is 11.5. The van der Waals surface area contributed by atoms with Crippen molar-refractivity contribution in [3.63, 3.8) is 0 Å². The van der Waals surface area contributed by atoms with Crippen LogP contribution in [-0.2, 0) is 4.79 Å². The van der Waals surface area contributed by atoms with Gasteiger partial charge in [0.2, 0.25) is 11.7 Å². The monoisotopic (exact) mass is 403 g/mol. The Morgan fingerprint density at radius 1 is 1.21 bits per heavy atom. The van der Waals surface area contributed by atoms with E-state index in [1.165, 1.54) is 24.9 Å². The molecule has 3 aromatic rings. The first-order valence-electron chi connectivity index (χ1n) is 8.56. The van der Waals surface area contributed by atoms with E-state index in [9.17, 15) is 9.59 Å². The number of methoxy groups -OCH3 is 2. The van der Waals surface area contributed by atoms with Gasteiger partial charge >= 0.3 is 0 Å². The van der Waals surface area contributed by atoms with Crippen LogP contribution in [0.4, 0.5) is 5.69 Å². The van der Waals surface area contributed by atoms with Crippen molar-refractivity contribution in [3.05, 3.63) is 40.3 Å². The van der Waals surface area contributed by atoms with Crippen LogP contribution in [0.25, 0.3) is 5.78 Å². The van der Waals surface area contributed by atoms with Gasteiger partial charge in [-0.25, -0.2) is 0 Å². The average molecular weight is 403 g/mol. The van der Waals surface area contributed by atoms with Crippen LogP contribution in [0, 0.1) is 0 Å². The van der Waals surface area contributed by atoms with Crippen molar-refractivity contribution in [1.29, 1.82) is 0 Å². The van der Waals surface area contributed by atoms with Gasteiger partial charge in [-0.05, 0) is 18.1 Å². The lowest BCUT2D eigenvalue weighted by molar-refractivity contribution is -0.113. The summed E-state index contributed by atoms with van der Waals surface area (Å²) in [6.45, 7) is 3.96. The summed E-state index contributed by atoms with van der Waals surface area (Å²) < 4.78 is 12.2. The van der Waals surface area contributed by atoms with Crippen LogP contribution in [0.3, 0.4) is 0 Å². The second kappa shape index (κ2) is 8.34. The van der Waals surface area contributed by atoms with Gasteiger partial charge in [-0.15, -0.1) is 10.2 Å². The highest BCUT2D eigenvalue weighted by atomic mass is 32.2. The minimum absolute atomic E-state index is 0.0979. The molecule has 10 heteroatoms. The Bertz CT molecular complexity index is 1060. The lowest BCUT2D eigenvalue weighted by atomic mass is 10.1. The second-order valence-corrected chi connectivity index (χ2v) is 7.20. The number of H-pyrrole nitrogens is 1. The molecular formula is C18H21N5O4S. The van der Waals surface area contributed by atoms with Gasteiger partial charge in [0.25, 0.3) is 5.56 Å². The molecule has 0 aliphatic heterocycles. The number of carbonyl (C=O) groups is 1. The molecule has 2 heterocycles. The SMILES string of the molecule is COc1ccc(NC(=O)CSc2nnc3[nH]c(=O)cc(C(C)C)n23)cc1OC. The lowest BCUT2D eigenvalue weighted by Gasteiger charge is -2.11. The lowest BCUT2D eigenvalue weighted by Crippen LogP contribution is -2.15. The number of anilines is 1. The standard InChI is InChI=1S/C18H21N5O4S/c1-10(2)12-8-15(24)20-17-21-22-18(23(12)17)28-9-16(25)19-11-5-6-13(26-3)14(7-11)27-4/h5-8,10H,9H2,1-4H3,(H,19,25)(H,20,21,24). The fourth-order valence-electron chi connectivity index (χ4n) is 2.69. The molecule has 1 aromatic carbocycles. The number of rotatable bonds is 7. The van der Waals surface area contributed by atoms with Gasteiger partial charge in [-0.3, -0.25) is 19.0 Å². The van der Waals surface area contributed by atoms with Crippen molar-refractivity contribution >= 4 is 29.1 Å². The number of hydrogen-bond acceptors (Lipinski definition) is 7. The topological polar surface area (TPSA) is 111 Å². The molecule has 0 saturated carbocycles. The highest BCUT2D eigenvalue weighted by Crippen LogP contribution is 2.30. The Balaban J connectivity index is 1.74. The Hall–Kier alpha value is -3.01. The average Bonchev–Trinajstić information content (AvgIpc) is 3.08. The molecule has 2 aromatic heterocycles.